The van der Waals surface area contributed by atoms with Gasteiger partial charge in [-0.05, 0) is 56.9 Å². The number of carbonyl (C=O) groups excluding carboxylic acids is 2. The van der Waals surface area contributed by atoms with Crippen molar-refractivity contribution in [3.63, 3.8) is 0 Å². The Morgan fingerprint density at radius 3 is 2.41 bits per heavy atom. The van der Waals surface area contributed by atoms with E-state index in [2.05, 4.69) is 0 Å². The average molecular weight is 459 g/mol. The zero-order valence-corrected chi connectivity index (χ0v) is 19.3. The summed E-state index contributed by atoms with van der Waals surface area (Å²) in [6.45, 7) is 3.18. The highest BCUT2D eigenvalue weighted by atomic mass is 35.5. The summed E-state index contributed by atoms with van der Waals surface area (Å²) < 4.78 is 10.7. The molecule has 0 saturated carbocycles. The lowest BCUT2D eigenvalue weighted by Crippen LogP contribution is -2.35. The van der Waals surface area contributed by atoms with Crippen molar-refractivity contribution in [2.75, 3.05) is 40.9 Å². The number of aliphatic hydroxyl groups is 1. The third-order valence-corrected chi connectivity index (χ3v) is 5.56. The van der Waals surface area contributed by atoms with Crippen LogP contribution in [0.1, 0.15) is 24.1 Å². The molecule has 8 heteroatoms. The number of methoxy groups -OCH3 is 1. The Kier molecular flexibility index (Phi) is 7.43. The fourth-order valence-electron chi connectivity index (χ4n) is 3.63. The van der Waals surface area contributed by atoms with Crippen LogP contribution in [0, 0.1) is 0 Å². The number of carbonyl (C=O) groups is 2. The summed E-state index contributed by atoms with van der Waals surface area (Å²) in [5, 5.41) is 11.4. The van der Waals surface area contributed by atoms with E-state index in [0.29, 0.717) is 47.3 Å². The Bertz CT molecular complexity index is 1030. The number of likely N-dealkylation sites (N-methyl/N-ethyl adjacent to an activating group) is 1. The second-order valence-corrected chi connectivity index (χ2v) is 8.05. The maximum Gasteiger partial charge on any atom is 0.295 e. The Balaban J connectivity index is 2.12. The molecule has 0 aliphatic carbocycles. The van der Waals surface area contributed by atoms with Crippen molar-refractivity contribution in [2.24, 2.45) is 0 Å². The van der Waals surface area contributed by atoms with Gasteiger partial charge in [-0.3, -0.25) is 9.59 Å². The highest BCUT2D eigenvalue weighted by Crippen LogP contribution is 2.40. The van der Waals surface area contributed by atoms with Gasteiger partial charge in [-0.1, -0.05) is 23.7 Å². The Morgan fingerprint density at radius 1 is 1.16 bits per heavy atom. The van der Waals surface area contributed by atoms with E-state index in [-0.39, 0.29) is 11.3 Å². The van der Waals surface area contributed by atoms with Crippen molar-refractivity contribution in [3.8, 4) is 11.5 Å². The molecular weight excluding hydrogens is 432 g/mol. The van der Waals surface area contributed by atoms with Crippen molar-refractivity contribution >= 4 is 29.1 Å². The minimum absolute atomic E-state index is 0.0270. The molecule has 1 aliphatic rings. The van der Waals surface area contributed by atoms with Crippen molar-refractivity contribution in [2.45, 2.75) is 13.0 Å². The van der Waals surface area contributed by atoms with Crippen LogP contribution in [0.3, 0.4) is 0 Å². The van der Waals surface area contributed by atoms with Crippen LogP contribution in [0.15, 0.2) is 48.0 Å². The SMILES string of the molecule is CCOc1ccc(/C(O)=C2\C(=O)C(=O)N(CCN(C)C)[C@@H]2c2ccc(OC)cc2)cc1Cl. The van der Waals surface area contributed by atoms with Crippen LogP contribution in [-0.4, -0.2) is 67.5 Å². The number of ketones is 1. The molecule has 32 heavy (non-hydrogen) atoms. The molecule has 1 heterocycles. The Hall–Kier alpha value is -3.03. The molecule has 2 aromatic carbocycles. The monoisotopic (exact) mass is 458 g/mol. The van der Waals surface area contributed by atoms with E-state index in [9.17, 15) is 14.7 Å². The molecule has 1 aliphatic heterocycles. The van der Waals surface area contributed by atoms with Gasteiger partial charge in [-0.15, -0.1) is 0 Å². The van der Waals surface area contributed by atoms with E-state index in [0.717, 1.165) is 0 Å². The number of rotatable bonds is 8. The summed E-state index contributed by atoms with van der Waals surface area (Å²) in [5.41, 5.74) is 1.06. The van der Waals surface area contributed by atoms with Gasteiger partial charge in [0.25, 0.3) is 11.7 Å². The molecule has 1 saturated heterocycles. The van der Waals surface area contributed by atoms with Gasteiger partial charge in [0.1, 0.15) is 17.3 Å². The molecule has 1 fully saturated rings. The van der Waals surface area contributed by atoms with E-state index in [1.54, 1.807) is 43.5 Å². The number of hydrogen-bond donors (Lipinski definition) is 1. The number of amides is 1. The zero-order chi connectivity index (χ0) is 23.4. The molecule has 3 rings (SSSR count). The van der Waals surface area contributed by atoms with Crippen molar-refractivity contribution < 1.29 is 24.2 Å². The minimum atomic E-state index is -0.730. The maximum absolute atomic E-state index is 13.0. The number of hydrogen-bond acceptors (Lipinski definition) is 6. The number of Topliss-reactive ketones (excluding diaryl/α,β-unsaturated/α-hetero) is 1. The molecule has 0 bridgehead atoms. The van der Waals surface area contributed by atoms with Gasteiger partial charge in [0.15, 0.2) is 0 Å². The lowest BCUT2D eigenvalue weighted by atomic mass is 9.95. The molecule has 1 amide bonds. The topological polar surface area (TPSA) is 79.3 Å². The van der Waals surface area contributed by atoms with Crippen molar-refractivity contribution in [1.82, 2.24) is 9.80 Å². The van der Waals surface area contributed by atoms with Gasteiger partial charge in [-0.25, -0.2) is 0 Å². The Morgan fingerprint density at radius 2 is 1.84 bits per heavy atom. The van der Waals surface area contributed by atoms with Crippen molar-refractivity contribution in [3.05, 3.63) is 64.2 Å². The van der Waals surface area contributed by atoms with E-state index >= 15 is 0 Å². The molecule has 170 valence electrons. The van der Waals surface area contributed by atoms with Gasteiger partial charge in [0.2, 0.25) is 0 Å². The van der Waals surface area contributed by atoms with Gasteiger partial charge in [-0.2, -0.15) is 0 Å². The van der Waals surface area contributed by atoms with E-state index in [1.165, 1.54) is 11.0 Å². The zero-order valence-electron chi connectivity index (χ0n) is 18.6. The predicted octanol–water partition coefficient (Wildman–Crippen LogP) is 3.73. The molecule has 0 spiro atoms. The summed E-state index contributed by atoms with van der Waals surface area (Å²) in [5.74, 6) is -0.527. The molecular formula is C24H27ClN2O5. The summed E-state index contributed by atoms with van der Waals surface area (Å²) in [6, 6.07) is 11.1. The highest BCUT2D eigenvalue weighted by Gasteiger charge is 2.45. The normalized spacial score (nSPS) is 17.8. The summed E-state index contributed by atoms with van der Waals surface area (Å²) in [4.78, 5) is 29.4. The quantitative estimate of drug-likeness (QED) is 0.369. The Labute approximate surface area is 192 Å². The van der Waals surface area contributed by atoms with Crippen LogP contribution < -0.4 is 9.47 Å². The molecule has 1 atom stereocenters. The predicted molar refractivity (Wildman–Crippen MR) is 123 cm³/mol. The molecule has 2 aromatic rings. The minimum Gasteiger partial charge on any atom is -0.507 e. The number of benzene rings is 2. The third kappa shape index (κ3) is 4.74. The number of halogens is 1. The largest absolute Gasteiger partial charge is 0.507 e. The van der Waals surface area contributed by atoms with Crippen molar-refractivity contribution in [1.29, 1.82) is 0 Å². The highest BCUT2D eigenvalue weighted by molar-refractivity contribution is 6.46. The fourth-order valence-corrected chi connectivity index (χ4v) is 3.86. The van der Waals surface area contributed by atoms with Crippen LogP contribution in [0.2, 0.25) is 5.02 Å². The maximum atomic E-state index is 13.0. The van der Waals surface area contributed by atoms with Crippen LogP contribution in [0.25, 0.3) is 5.76 Å². The lowest BCUT2D eigenvalue weighted by Gasteiger charge is -2.26. The number of aliphatic hydroxyl groups excluding tert-OH is 1. The first-order valence-electron chi connectivity index (χ1n) is 10.3. The van der Waals surface area contributed by atoms with Crippen LogP contribution in [0.5, 0.6) is 11.5 Å². The third-order valence-electron chi connectivity index (χ3n) is 5.26. The smallest absolute Gasteiger partial charge is 0.295 e. The van der Waals surface area contributed by atoms with Crippen LogP contribution >= 0.6 is 11.6 Å². The van der Waals surface area contributed by atoms with E-state index < -0.39 is 17.7 Å². The van der Waals surface area contributed by atoms with Gasteiger partial charge < -0.3 is 24.4 Å². The first-order chi connectivity index (χ1) is 15.3. The number of likely N-dealkylation sites (tertiary alicyclic amines) is 1. The molecule has 0 unspecified atom stereocenters. The molecule has 1 N–H and O–H groups in total. The summed E-state index contributed by atoms with van der Waals surface area (Å²) in [7, 11) is 5.34. The first kappa shape index (κ1) is 23.6. The number of ether oxygens (including phenoxy) is 2. The van der Waals surface area contributed by atoms with E-state index in [1.807, 2.05) is 25.9 Å². The average Bonchev–Trinajstić information content (AvgIpc) is 3.03. The molecule has 0 radical (unpaired) electrons. The second kappa shape index (κ2) is 10.1. The first-order valence-corrected chi connectivity index (χ1v) is 10.7. The van der Waals surface area contributed by atoms with Crippen LogP contribution in [-0.2, 0) is 9.59 Å². The number of nitrogens with zero attached hydrogens (tertiary/aromatic N) is 2. The van der Waals surface area contributed by atoms with Gasteiger partial charge in [0, 0.05) is 18.7 Å². The fraction of sp³-hybridized carbons (Fsp3) is 0.333. The summed E-state index contributed by atoms with van der Waals surface area (Å²) >= 11 is 6.28. The van der Waals surface area contributed by atoms with E-state index in [4.69, 9.17) is 21.1 Å². The molecule has 7 nitrogen and oxygen atoms in total. The second-order valence-electron chi connectivity index (χ2n) is 7.65. The van der Waals surface area contributed by atoms with Gasteiger partial charge in [0.05, 0.1) is 30.4 Å². The lowest BCUT2D eigenvalue weighted by molar-refractivity contribution is -0.140. The standard InChI is InChI=1S/C24H27ClN2O5/c1-5-32-19-11-8-16(14-18(19)25)22(28)20-21(15-6-9-17(31-4)10-7-15)27(13-12-26(2)3)24(30)23(20)29/h6-11,14,21,28H,5,12-13H2,1-4H3/b22-20+/t21-/m1/s1. The van der Waals surface area contributed by atoms with Gasteiger partial charge >= 0.3 is 0 Å². The molecule has 0 aromatic heterocycles. The summed E-state index contributed by atoms with van der Waals surface area (Å²) in [6.07, 6.45) is 0. The van der Waals surface area contributed by atoms with Crippen LogP contribution in [0.4, 0.5) is 0 Å².